The first kappa shape index (κ1) is 11.7. The van der Waals surface area contributed by atoms with Gasteiger partial charge in [-0.05, 0) is 25.0 Å². The molecule has 0 spiro atoms. The summed E-state index contributed by atoms with van der Waals surface area (Å²) in [6, 6.07) is 6.06. The molecule has 1 aromatic heterocycles. The molecule has 0 bridgehead atoms. The molecule has 2 heterocycles. The van der Waals surface area contributed by atoms with Gasteiger partial charge in [0.2, 0.25) is 5.91 Å². The maximum absolute atomic E-state index is 12.2. The Kier molecular flexibility index (Phi) is 3.04. The molecule has 4 nitrogen and oxygen atoms in total. The molecule has 1 amide bonds. The van der Waals surface area contributed by atoms with Crippen LogP contribution in [0.25, 0.3) is 0 Å². The van der Waals surface area contributed by atoms with E-state index in [0.717, 1.165) is 18.5 Å². The van der Waals surface area contributed by atoms with Gasteiger partial charge < -0.3 is 10.6 Å². The Hall–Kier alpha value is -1.42. The van der Waals surface area contributed by atoms with E-state index in [1.54, 1.807) is 6.20 Å². The molecule has 4 heteroatoms. The smallest absolute Gasteiger partial charge is 0.225 e. The second-order valence-corrected chi connectivity index (χ2v) is 5.31. The van der Waals surface area contributed by atoms with E-state index < -0.39 is 0 Å². The maximum atomic E-state index is 12.2. The summed E-state index contributed by atoms with van der Waals surface area (Å²) in [5.41, 5.74) is 7.09. The fourth-order valence-corrected chi connectivity index (χ4v) is 3.31. The molecule has 0 aromatic carbocycles. The number of hydrogen-bond donors (Lipinski definition) is 1. The van der Waals surface area contributed by atoms with Crippen LogP contribution in [0.3, 0.4) is 0 Å². The quantitative estimate of drug-likeness (QED) is 0.861. The van der Waals surface area contributed by atoms with Gasteiger partial charge in [-0.3, -0.25) is 9.78 Å². The van der Waals surface area contributed by atoms with Gasteiger partial charge in [0, 0.05) is 24.7 Å². The molecular weight excluding hydrogens is 226 g/mol. The summed E-state index contributed by atoms with van der Waals surface area (Å²) >= 11 is 0. The van der Waals surface area contributed by atoms with Crippen LogP contribution < -0.4 is 5.73 Å². The molecule has 1 aliphatic heterocycles. The van der Waals surface area contributed by atoms with E-state index in [1.807, 2.05) is 23.1 Å². The van der Waals surface area contributed by atoms with Crippen molar-refractivity contribution in [2.45, 2.75) is 50.2 Å². The van der Waals surface area contributed by atoms with Crippen molar-refractivity contribution in [2.75, 3.05) is 0 Å². The average molecular weight is 245 g/mol. The van der Waals surface area contributed by atoms with Gasteiger partial charge in [0.15, 0.2) is 0 Å². The Balaban J connectivity index is 1.91. The third-order valence-electron chi connectivity index (χ3n) is 4.11. The molecule has 1 aromatic rings. The molecule has 2 aliphatic rings. The molecule has 2 fully saturated rings. The van der Waals surface area contributed by atoms with Crippen molar-refractivity contribution in [1.82, 2.24) is 9.88 Å². The topological polar surface area (TPSA) is 59.2 Å². The highest BCUT2D eigenvalue weighted by molar-refractivity contribution is 5.80. The number of rotatable bonds is 2. The molecule has 3 rings (SSSR count). The van der Waals surface area contributed by atoms with Gasteiger partial charge >= 0.3 is 0 Å². The van der Waals surface area contributed by atoms with Crippen LogP contribution in [0.2, 0.25) is 0 Å². The number of aromatic nitrogens is 1. The highest BCUT2D eigenvalue weighted by Crippen LogP contribution is 2.37. The van der Waals surface area contributed by atoms with Crippen LogP contribution in [0.15, 0.2) is 24.4 Å². The number of carbonyl (C=O) groups excluding carboxylic acids is 1. The van der Waals surface area contributed by atoms with Crippen LogP contribution in [-0.2, 0) is 4.79 Å². The number of pyridine rings is 1. The van der Waals surface area contributed by atoms with Crippen molar-refractivity contribution >= 4 is 5.91 Å². The largest absolute Gasteiger partial charge is 0.329 e. The van der Waals surface area contributed by atoms with Crippen molar-refractivity contribution in [3.63, 3.8) is 0 Å². The Morgan fingerprint density at radius 2 is 2.06 bits per heavy atom. The molecule has 1 saturated carbocycles. The van der Waals surface area contributed by atoms with Crippen molar-refractivity contribution in [2.24, 2.45) is 5.73 Å². The van der Waals surface area contributed by atoms with E-state index in [1.165, 1.54) is 12.8 Å². The fraction of sp³-hybridized carbons (Fsp3) is 0.571. The summed E-state index contributed by atoms with van der Waals surface area (Å²) in [7, 11) is 0. The zero-order valence-corrected chi connectivity index (χ0v) is 10.5. The lowest BCUT2D eigenvalue weighted by Gasteiger charge is -2.31. The summed E-state index contributed by atoms with van der Waals surface area (Å²) in [5, 5.41) is 0. The van der Waals surface area contributed by atoms with Crippen molar-refractivity contribution in [3.8, 4) is 0 Å². The first-order valence-electron chi connectivity index (χ1n) is 6.75. The van der Waals surface area contributed by atoms with E-state index >= 15 is 0 Å². The van der Waals surface area contributed by atoms with Gasteiger partial charge in [-0.15, -0.1) is 0 Å². The molecule has 96 valence electrons. The molecule has 2 atom stereocenters. The molecule has 2 N–H and O–H groups in total. The number of amides is 1. The van der Waals surface area contributed by atoms with Crippen LogP contribution in [0.5, 0.6) is 0 Å². The molecular formula is C14H19N3O. The minimum absolute atomic E-state index is 0.0261. The van der Waals surface area contributed by atoms with Gasteiger partial charge in [0.1, 0.15) is 0 Å². The summed E-state index contributed by atoms with van der Waals surface area (Å²) < 4.78 is 0. The van der Waals surface area contributed by atoms with E-state index in [4.69, 9.17) is 5.73 Å². The standard InChI is InChI=1S/C14H19N3O/c15-11-9-13(18)17(10-5-1-2-6-10)14(11)12-7-3-4-8-16-12/h3-4,7-8,10-11,14H,1-2,5-6,9,15H2. The first-order valence-corrected chi connectivity index (χ1v) is 6.75. The van der Waals surface area contributed by atoms with E-state index in [9.17, 15) is 4.79 Å². The monoisotopic (exact) mass is 245 g/mol. The fourth-order valence-electron chi connectivity index (χ4n) is 3.31. The molecule has 0 radical (unpaired) electrons. The predicted molar refractivity (Wildman–Crippen MR) is 68.7 cm³/mol. The molecule has 2 unspecified atom stereocenters. The normalized spacial score (nSPS) is 29.2. The number of nitrogens with zero attached hydrogens (tertiary/aromatic N) is 2. The lowest BCUT2D eigenvalue weighted by atomic mass is 10.0. The summed E-state index contributed by atoms with van der Waals surface area (Å²) in [6.45, 7) is 0. The van der Waals surface area contributed by atoms with Gasteiger partial charge in [-0.25, -0.2) is 0 Å². The third-order valence-corrected chi connectivity index (χ3v) is 4.11. The van der Waals surface area contributed by atoms with Crippen molar-refractivity contribution < 1.29 is 4.79 Å². The Morgan fingerprint density at radius 3 is 2.72 bits per heavy atom. The molecule has 1 aliphatic carbocycles. The maximum Gasteiger partial charge on any atom is 0.225 e. The lowest BCUT2D eigenvalue weighted by Crippen LogP contribution is -2.39. The van der Waals surface area contributed by atoms with Crippen LogP contribution in [0.4, 0.5) is 0 Å². The van der Waals surface area contributed by atoms with Crippen molar-refractivity contribution in [3.05, 3.63) is 30.1 Å². The van der Waals surface area contributed by atoms with Gasteiger partial charge in [-0.1, -0.05) is 18.9 Å². The first-order chi connectivity index (χ1) is 8.77. The third kappa shape index (κ3) is 1.90. The number of carbonyl (C=O) groups is 1. The summed E-state index contributed by atoms with van der Waals surface area (Å²) in [4.78, 5) is 18.6. The minimum Gasteiger partial charge on any atom is -0.329 e. The zero-order valence-electron chi connectivity index (χ0n) is 10.5. The van der Waals surface area contributed by atoms with Gasteiger partial charge in [0.05, 0.1) is 11.7 Å². The van der Waals surface area contributed by atoms with Crippen LogP contribution >= 0.6 is 0 Å². The molecule has 18 heavy (non-hydrogen) atoms. The lowest BCUT2D eigenvalue weighted by molar-refractivity contribution is -0.131. The number of nitrogens with two attached hydrogens (primary N) is 1. The summed E-state index contributed by atoms with van der Waals surface area (Å²) in [5.74, 6) is 0.199. The second kappa shape index (κ2) is 4.69. The SMILES string of the molecule is NC1CC(=O)N(C2CCCC2)C1c1ccccn1. The highest BCUT2D eigenvalue weighted by atomic mass is 16.2. The number of hydrogen-bond acceptors (Lipinski definition) is 3. The van der Waals surface area contributed by atoms with E-state index in [-0.39, 0.29) is 18.0 Å². The van der Waals surface area contributed by atoms with E-state index in [0.29, 0.717) is 12.5 Å². The van der Waals surface area contributed by atoms with Crippen LogP contribution in [0, 0.1) is 0 Å². The van der Waals surface area contributed by atoms with Gasteiger partial charge in [-0.2, -0.15) is 0 Å². The zero-order chi connectivity index (χ0) is 12.5. The predicted octanol–water partition coefficient (Wildman–Crippen LogP) is 1.62. The van der Waals surface area contributed by atoms with Crippen LogP contribution in [-0.4, -0.2) is 27.9 Å². The molecule has 1 saturated heterocycles. The Morgan fingerprint density at radius 1 is 1.28 bits per heavy atom. The summed E-state index contributed by atoms with van der Waals surface area (Å²) in [6.07, 6.45) is 6.90. The average Bonchev–Trinajstić information content (AvgIpc) is 2.97. The van der Waals surface area contributed by atoms with Gasteiger partial charge in [0.25, 0.3) is 0 Å². The number of likely N-dealkylation sites (tertiary alicyclic amines) is 1. The van der Waals surface area contributed by atoms with Crippen LogP contribution in [0.1, 0.15) is 43.8 Å². The second-order valence-electron chi connectivity index (χ2n) is 5.31. The Labute approximate surface area is 107 Å². The van der Waals surface area contributed by atoms with E-state index in [2.05, 4.69) is 4.98 Å². The minimum atomic E-state index is -0.118. The van der Waals surface area contributed by atoms with Crippen molar-refractivity contribution in [1.29, 1.82) is 0 Å². The Bertz CT molecular complexity index is 428. The highest BCUT2D eigenvalue weighted by Gasteiger charge is 2.43.